The van der Waals surface area contributed by atoms with Gasteiger partial charge in [-0.2, -0.15) is 5.10 Å². The van der Waals surface area contributed by atoms with Gasteiger partial charge >= 0.3 is 0 Å². The van der Waals surface area contributed by atoms with Crippen LogP contribution in [-0.2, 0) is 6.54 Å². The molecule has 1 aromatic heterocycles. The fourth-order valence-corrected chi connectivity index (χ4v) is 0.865. The Kier molecular flexibility index (Phi) is 1.88. The third-order valence-corrected chi connectivity index (χ3v) is 1.37. The van der Waals surface area contributed by atoms with E-state index in [9.17, 15) is 0 Å². The minimum atomic E-state index is 0.906. The van der Waals surface area contributed by atoms with Crippen LogP contribution < -0.4 is 0 Å². The SMILES string of the molecule is CCn1[c]c(I)cn1. The van der Waals surface area contributed by atoms with Crippen molar-refractivity contribution in [1.82, 2.24) is 9.78 Å². The molecule has 3 heteroatoms. The molecule has 1 heterocycles. The summed E-state index contributed by atoms with van der Waals surface area (Å²) in [5.41, 5.74) is 0. The van der Waals surface area contributed by atoms with E-state index < -0.39 is 0 Å². The summed E-state index contributed by atoms with van der Waals surface area (Å²) in [7, 11) is 0. The molecule has 1 radical (unpaired) electrons. The third-order valence-electron chi connectivity index (χ3n) is 0.846. The van der Waals surface area contributed by atoms with Crippen LogP contribution in [0.25, 0.3) is 0 Å². The van der Waals surface area contributed by atoms with Crippen molar-refractivity contribution < 1.29 is 0 Å². The number of aryl methyl sites for hydroxylation is 1. The van der Waals surface area contributed by atoms with E-state index in [1.807, 2.05) is 6.92 Å². The van der Waals surface area contributed by atoms with Crippen molar-refractivity contribution in [2.45, 2.75) is 13.5 Å². The fourth-order valence-electron chi connectivity index (χ4n) is 0.462. The van der Waals surface area contributed by atoms with Crippen LogP contribution in [0.3, 0.4) is 0 Å². The first kappa shape index (κ1) is 6.07. The second-order valence-corrected chi connectivity index (χ2v) is 2.58. The molecule has 0 N–H and O–H groups in total. The Morgan fingerprint density at radius 3 is 3.00 bits per heavy atom. The molecule has 0 bridgehead atoms. The van der Waals surface area contributed by atoms with Crippen molar-refractivity contribution in [3.05, 3.63) is 16.0 Å². The molecule has 0 unspecified atom stereocenters. The highest BCUT2D eigenvalue weighted by Crippen LogP contribution is 1.98. The summed E-state index contributed by atoms with van der Waals surface area (Å²) < 4.78 is 2.85. The maximum Gasteiger partial charge on any atom is 0.101 e. The van der Waals surface area contributed by atoms with Crippen LogP contribution in [0.2, 0.25) is 0 Å². The summed E-state index contributed by atoms with van der Waals surface area (Å²) in [5, 5.41) is 3.99. The van der Waals surface area contributed by atoms with E-state index in [0.29, 0.717) is 0 Å². The highest BCUT2D eigenvalue weighted by atomic mass is 127. The zero-order chi connectivity index (χ0) is 5.98. The summed E-state index contributed by atoms with van der Waals surface area (Å²) in [6.45, 7) is 2.95. The summed E-state index contributed by atoms with van der Waals surface area (Å²) in [4.78, 5) is 0. The Bertz CT molecular complexity index is 171. The van der Waals surface area contributed by atoms with E-state index in [0.717, 1.165) is 10.1 Å². The molecule has 0 aromatic carbocycles. The van der Waals surface area contributed by atoms with Crippen molar-refractivity contribution in [2.24, 2.45) is 0 Å². The predicted octanol–water partition coefficient (Wildman–Crippen LogP) is 1.31. The fraction of sp³-hybridized carbons (Fsp3) is 0.400. The maximum absolute atomic E-state index is 3.99. The van der Waals surface area contributed by atoms with Gasteiger partial charge in [-0.15, -0.1) is 0 Å². The van der Waals surface area contributed by atoms with Gasteiger partial charge in [-0.25, -0.2) is 0 Å². The molecule has 1 aromatic rings. The molecule has 0 fully saturated rings. The number of rotatable bonds is 1. The van der Waals surface area contributed by atoms with E-state index in [2.05, 4.69) is 33.9 Å². The quantitative estimate of drug-likeness (QED) is 0.653. The van der Waals surface area contributed by atoms with E-state index in [4.69, 9.17) is 0 Å². The van der Waals surface area contributed by atoms with Crippen LogP contribution in [0.1, 0.15) is 6.92 Å². The lowest BCUT2D eigenvalue weighted by atomic mass is 10.7. The van der Waals surface area contributed by atoms with Crippen molar-refractivity contribution in [3.8, 4) is 0 Å². The first-order chi connectivity index (χ1) is 3.83. The van der Waals surface area contributed by atoms with Gasteiger partial charge in [0.25, 0.3) is 0 Å². The Morgan fingerprint density at radius 1 is 2.00 bits per heavy atom. The molecule has 1 rings (SSSR count). The third kappa shape index (κ3) is 1.21. The number of nitrogens with zero attached hydrogens (tertiary/aromatic N) is 2. The summed E-state index contributed by atoms with van der Waals surface area (Å²) in [6, 6.07) is 0. The second-order valence-electron chi connectivity index (χ2n) is 1.42. The molecule has 0 amide bonds. The predicted molar refractivity (Wildman–Crippen MR) is 39.5 cm³/mol. The van der Waals surface area contributed by atoms with E-state index in [1.54, 1.807) is 10.9 Å². The Hall–Kier alpha value is -0.0600. The summed E-state index contributed by atoms with van der Waals surface area (Å²) >= 11 is 2.19. The van der Waals surface area contributed by atoms with Gasteiger partial charge in [-0.05, 0) is 29.5 Å². The number of hydrogen-bond acceptors (Lipinski definition) is 1. The van der Waals surface area contributed by atoms with Crippen molar-refractivity contribution in [2.75, 3.05) is 0 Å². The van der Waals surface area contributed by atoms with Crippen LogP contribution in [0.5, 0.6) is 0 Å². The molecule has 2 nitrogen and oxygen atoms in total. The molecular weight excluding hydrogens is 215 g/mol. The van der Waals surface area contributed by atoms with Gasteiger partial charge in [0, 0.05) is 6.54 Å². The molecule has 0 aliphatic heterocycles. The average molecular weight is 221 g/mol. The highest BCUT2D eigenvalue weighted by Gasteiger charge is 1.89. The van der Waals surface area contributed by atoms with Gasteiger partial charge in [0.05, 0.1) is 9.77 Å². The molecule has 0 aliphatic carbocycles. The van der Waals surface area contributed by atoms with Crippen LogP contribution in [0.4, 0.5) is 0 Å². The van der Waals surface area contributed by atoms with Crippen molar-refractivity contribution >= 4 is 22.6 Å². The van der Waals surface area contributed by atoms with Crippen molar-refractivity contribution in [3.63, 3.8) is 0 Å². The standard InChI is InChI=1S/C5H6IN2/c1-2-8-4-5(6)3-7-8/h3H,2H2,1H3. The van der Waals surface area contributed by atoms with E-state index in [-0.39, 0.29) is 0 Å². The van der Waals surface area contributed by atoms with Crippen LogP contribution >= 0.6 is 22.6 Å². The molecule has 0 atom stereocenters. The molecular formula is C5H6IN2. The normalized spacial score (nSPS) is 9.75. The van der Waals surface area contributed by atoms with Gasteiger partial charge < -0.3 is 0 Å². The van der Waals surface area contributed by atoms with Crippen molar-refractivity contribution in [1.29, 1.82) is 0 Å². The monoisotopic (exact) mass is 221 g/mol. The van der Waals surface area contributed by atoms with Gasteiger partial charge in [0.15, 0.2) is 0 Å². The molecule has 8 heavy (non-hydrogen) atoms. The summed E-state index contributed by atoms with van der Waals surface area (Å²) in [5.74, 6) is 0. The smallest absolute Gasteiger partial charge is 0.101 e. The average Bonchev–Trinajstić information content (AvgIpc) is 2.14. The van der Waals surface area contributed by atoms with Gasteiger partial charge in [-0.3, -0.25) is 4.68 Å². The van der Waals surface area contributed by atoms with Gasteiger partial charge in [-0.1, -0.05) is 0 Å². The zero-order valence-electron chi connectivity index (χ0n) is 4.56. The molecule has 0 saturated carbocycles. The number of aromatic nitrogens is 2. The first-order valence-electron chi connectivity index (χ1n) is 2.43. The highest BCUT2D eigenvalue weighted by molar-refractivity contribution is 14.1. The lowest BCUT2D eigenvalue weighted by molar-refractivity contribution is 0.654. The second kappa shape index (κ2) is 2.48. The maximum atomic E-state index is 3.99. The van der Waals surface area contributed by atoms with Gasteiger partial charge in [0.2, 0.25) is 0 Å². The van der Waals surface area contributed by atoms with Crippen LogP contribution in [-0.4, -0.2) is 9.78 Å². The molecule has 0 spiro atoms. The molecule has 43 valence electrons. The topological polar surface area (TPSA) is 17.8 Å². The van der Waals surface area contributed by atoms with E-state index >= 15 is 0 Å². The van der Waals surface area contributed by atoms with Crippen LogP contribution in [0.15, 0.2) is 6.20 Å². The summed E-state index contributed by atoms with van der Waals surface area (Å²) in [6.07, 6.45) is 4.81. The largest absolute Gasteiger partial charge is 0.262 e. The zero-order valence-corrected chi connectivity index (χ0v) is 6.71. The lowest BCUT2D eigenvalue weighted by Gasteiger charge is -1.86. The minimum Gasteiger partial charge on any atom is -0.262 e. The molecule has 0 saturated heterocycles. The number of hydrogen-bond donors (Lipinski definition) is 0. The number of halogens is 1. The first-order valence-corrected chi connectivity index (χ1v) is 3.51. The van der Waals surface area contributed by atoms with E-state index in [1.165, 1.54) is 0 Å². The van der Waals surface area contributed by atoms with Gasteiger partial charge in [0.1, 0.15) is 6.20 Å². The molecule has 0 aliphatic rings. The lowest BCUT2D eigenvalue weighted by Crippen LogP contribution is -1.92. The minimum absolute atomic E-state index is 0.906. The Labute approximate surface area is 62.0 Å². The van der Waals surface area contributed by atoms with Crippen LogP contribution in [0, 0.1) is 9.77 Å². The Morgan fingerprint density at radius 2 is 2.75 bits per heavy atom. The Balaban J connectivity index is 2.84.